The van der Waals surface area contributed by atoms with Gasteiger partial charge in [0.25, 0.3) is 0 Å². The lowest BCUT2D eigenvalue weighted by Crippen LogP contribution is -2.56. The number of aryl methyl sites for hydroxylation is 2. The summed E-state index contributed by atoms with van der Waals surface area (Å²) in [5.41, 5.74) is 6.09. The number of hydrogen-bond donors (Lipinski definition) is 1. The molecule has 2 aliphatic rings. The maximum absolute atomic E-state index is 14.3. The van der Waals surface area contributed by atoms with Crippen molar-refractivity contribution >= 4 is 45.1 Å². The molecule has 0 radical (unpaired) electrons. The van der Waals surface area contributed by atoms with Crippen molar-refractivity contribution in [3.63, 3.8) is 0 Å². The highest BCUT2D eigenvalue weighted by Gasteiger charge is 2.37. The fourth-order valence-corrected chi connectivity index (χ4v) is 6.91. The van der Waals surface area contributed by atoms with Crippen LogP contribution in [0.25, 0.3) is 38.6 Å². The Morgan fingerprint density at radius 1 is 1.20 bits per heavy atom. The maximum atomic E-state index is 14.3. The van der Waals surface area contributed by atoms with Gasteiger partial charge in [-0.25, -0.2) is 4.79 Å². The van der Waals surface area contributed by atoms with Crippen LogP contribution in [0.4, 0.5) is 5.82 Å². The van der Waals surface area contributed by atoms with Gasteiger partial charge in [0.05, 0.1) is 45.1 Å². The number of nitrogens with zero attached hydrogens (tertiary/aromatic N) is 6. The Bertz CT molecular complexity index is 2060. The number of ether oxygens (including phenoxy) is 1. The van der Waals surface area contributed by atoms with Crippen LogP contribution >= 0.6 is 11.6 Å². The van der Waals surface area contributed by atoms with Gasteiger partial charge in [-0.15, -0.1) is 0 Å². The fraction of sp³-hybridized carbons (Fsp3) is 0.303. The van der Waals surface area contributed by atoms with Gasteiger partial charge in [0.2, 0.25) is 5.91 Å². The minimum atomic E-state index is -0.423. The van der Waals surface area contributed by atoms with Crippen LogP contribution in [0.15, 0.2) is 54.1 Å². The molecule has 0 aliphatic carbocycles. The Kier molecular flexibility index (Phi) is 6.69. The average Bonchev–Trinajstić information content (AvgIpc) is 3.42. The molecule has 0 unspecified atom stereocenters. The second-order valence-corrected chi connectivity index (χ2v) is 12.1. The highest BCUT2D eigenvalue weighted by atomic mass is 35.5. The summed E-state index contributed by atoms with van der Waals surface area (Å²) in [6, 6.07) is 7.65. The Morgan fingerprint density at radius 3 is 2.80 bits per heavy atom. The van der Waals surface area contributed by atoms with Crippen LogP contribution in [-0.2, 0) is 4.79 Å². The van der Waals surface area contributed by atoms with E-state index in [-0.39, 0.29) is 24.5 Å². The largest absolute Gasteiger partial charge is 0.489 e. The van der Waals surface area contributed by atoms with Gasteiger partial charge in [0, 0.05) is 36.8 Å². The van der Waals surface area contributed by atoms with Crippen molar-refractivity contribution in [1.82, 2.24) is 29.6 Å². The molecule has 44 heavy (non-hydrogen) atoms. The summed E-state index contributed by atoms with van der Waals surface area (Å²) in [6.07, 6.45) is 4.88. The van der Waals surface area contributed by atoms with E-state index in [9.17, 15) is 9.59 Å². The van der Waals surface area contributed by atoms with Crippen molar-refractivity contribution in [2.45, 2.75) is 39.7 Å². The number of anilines is 1. The first-order valence-corrected chi connectivity index (χ1v) is 15.1. The maximum Gasteiger partial charge on any atom is 0.354 e. The van der Waals surface area contributed by atoms with E-state index in [0.29, 0.717) is 52.8 Å². The van der Waals surface area contributed by atoms with Crippen LogP contribution in [0, 0.1) is 13.8 Å². The van der Waals surface area contributed by atoms with E-state index in [2.05, 4.69) is 35.5 Å². The first-order chi connectivity index (χ1) is 21.2. The van der Waals surface area contributed by atoms with Crippen molar-refractivity contribution < 1.29 is 9.53 Å². The molecule has 10 nitrogen and oxygen atoms in total. The fourth-order valence-electron chi connectivity index (χ4n) is 6.61. The summed E-state index contributed by atoms with van der Waals surface area (Å²) in [7, 11) is 0. The number of fused-ring (bicyclic) bond motifs is 3. The number of rotatable bonds is 4. The van der Waals surface area contributed by atoms with E-state index in [1.807, 2.05) is 38.1 Å². The molecule has 5 heterocycles. The second kappa shape index (κ2) is 10.5. The zero-order valence-electron chi connectivity index (χ0n) is 25.0. The van der Waals surface area contributed by atoms with Gasteiger partial charge in [-0.05, 0) is 60.7 Å². The number of halogens is 1. The highest BCUT2D eigenvalue weighted by Crippen LogP contribution is 2.48. The van der Waals surface area contributed by atoms with Crippen molar-refractivity contribution in [3.05, 3.63) is 81.6 Å². The van der Waals surface area contributed by atoms with Gasteiger partial charge in [0.1, 0.15) is 12.4 Å². The van der Waals surface area contributed by atoms with Crippen LogP contribution in [0.1, 0.15) is 36.6 Å². The van der Waals surface area contributed by atoms with Gasteiger partial charge in [-0.3, -0.25) is 19.4 Å². The van der Waals surface area contributed by atoms with E-state index < -0.39 is 5.69 Å². The molecule has 224 valence electrons. The Labute approximate surface area is 258 Å². The topological polar surface area (TPSA) is 109 Å². The number of piperazine rings is 1. The highest BCUT2D eigenvalue weighted by molar-refractivity contribution is 6.37. The van der Waals surface area contributed by atoms with Gasteiger partial charge in [0.15, 0.2) is 5.75 Å². The standard InChI is InChI=1S/C33H32ClN7O3/c1-6-25(42)39-11-12-40-20(15-39)16-44-31-27-24(13-21(28(31)34)26-18(4)7-8-23-22(26)14-36-38-23)41(33(43)37-32(27)40)30-19(5)9-10-35-29(30)17(2)3/h6-10,13-14,17,20H,1,11-12,15-16H2,2-5H3,(H,36,38)/t20-/m0/s1. The Balaban J connectivity index is 1.59. The summed E-state index contributed by atoms with van der Waals surface area (Å²) < 4.78 is 8.24. The lowest BCUT2D eigenvalue weighted by atomic mass is 9.95. The molecular formula is C33H32ClN7O3. The number of carbonyl (C=O) groups excluding carboxylic acids is 1. The third kappa shape index (κ3) is 4.19. The quantitative estimate of drug-likeness (QED) is 0.275. The molecule has 11 heteroatoms. The van der Waals surface area contributed by atoms with E-state index in [1.165, 1.54) is 6.08 Å². The summed E-state index contributed by atoms with van der Waals surface area (Å²) in [5.74, 6) is 0.867. The third-order valence-electron chi connectivity index (χ3n) is 8.75. The van der Waals surface area contributed by atoms with Gasteiger partial charge >= 0.3 is 5.69 Å². The zero-order valence-corrected chi connectivity index (χ0v) is 25.8. The molecule has 1 N–H and O–H groups in total. The van der Waals surface area contributed by atoms with Crippen molar-refractivity contribution in [2.24, 2.45) is 0 Å². The Hall–Kier alpha value is -4.70. The Morgan fingerprint density at radius 2 is 2.02 bits per heavy atom. The summed E-state index contributed by atoms with van der Waals surface area (Å²) in [6.45, 7) is 13.4. The number of nitrogens with one attached hydrogen (secondary N) is 1. The SMILES string of the molecule is C=CC(=O)N1CCN2c3nc(=O)n(-c4c(C)ccnc4C(C)C)c4cc(-c5c(C)ccc6[nH]ncc56)c(Cl)c(c34)OC[C@@H]2C1. The lowest BCUT2D eigenvalue weighted by molar-refractivity contribution is -0.126. The monoisotopic (exact) mass is 609 g/mol. The second-order valence-electron chi connectivity index (χ2n) is 11.8. The van der Waals surface area contributed by atoms with Crippen LogP contribution in [-0.4, -0.2) is 67.8 Å². The number of aromatic nitrogens is 5. The van der Waals surface area contributed by atoms with E-state index in [4.69, 9.17) is 26.3 Å². The molecule has 3 aromatic heterocycles. The minimum Gasteiger partial charge on any atom is -0.489 e. The summed E-state index contributed by atoms with van der Waals surface area (Å²) >= 11 is 7.31. The number of benzene rings is 2. The van der Waals surface area contributed by atoms with Crippen LogP contribution < -0.4 is 15.3 Å². The van der Waals surface area contributed by atoms with E-state index in [1.54, 1.807) is 21.9 Å². The molecule has 1 fully saturated rings. The number of hydrogen-bond acceptors (Lipinski definition) is 7. The molecule has 0 bridgehead atoms. The van der Waals surface area contributed by atoms with Gasteiger partial charge < -0.3 is 14.5 Å². The van der Waals surface area contributed by atoms with Crippen molar-refractivity contribution in [2.75, 3.05) is 31.1 Å². The van der Waals surface area contributed by atoms with Crippen LogP contribution in [0.5, 0.6) is 5.75 Å². The molecule has 7 rings (SSSR count). The predicted molar refractivity (Wildman–Crippen MR) is 172 cm³/mol. The van der Waals surface area contributed by atoms with Crippen LogP contribution in [0.3, 0.4) is 0 Å². The summed E-state index contributed by atoms with van der Waals surface area (Å²) in [4.78, 5) is 40.0. The summed E-state index contributed by atoms with van der Waals surface area (Å²) in [5, 5.41) is 9.32. The van der Waals surface area contributed by atoms with Crippen LogP contribution in [0.2, 0.25) is 5.02 Å². The molecule has 0 spiro atoms. The molecule has 2 aliphatic heterocycles. The first kappa shape index (κ1) is 28.1. The number of aromatic amines is 1. The third-order valence-corrected chi connectivity index (χ3v) is 9.12. The zero-order chi connectivity index (χ0) is 30.9. The van der Waals surface area contributed by atoms with Crippen molar-refractivity contribution in [3.8, 4) is 22.6 Å². The molecule has 2 aromatic carbocycles. The molecule has 0 saturated carbocycles. The molecule has 1 saturated heterocycles. The first-order valence-electron chi connectivity index (χ1n) is 14.7. The van der Waals surface area contributed by atoms with Crippen molar-refractivity contribution in [1.29, 1.82) is 0 Å². The average molecular weight is 610 g/mol. The number of pyridine rings is 1. The number of amides is 1. The van der Waals surface area contributed by atoms with Gasteiger partial charge in [-0.2, -0.15) is 10.1 Å². The molecular weight excluding hydrogens is 578 g/mol. The molecule has 5 aromatic rings. The lowest BCUT2D eigenvalue weighted by Gasteiger charge is -2.40. The smallest absolute Gasteiger partial charge is 0.354 e. The van der Waals surface area contributed by atoms with E-state index >= 15 is 0 Å². The number of carbonyl (C=O) groups is 1. The normalized spacial score (nSPS) is 16.3. The molecule has 1 atom stereocenters. The minimum absolute atomic E-state index is 0.0477. The predicted octanol–water partition coefficient (Wildman–Crippen LogP) is 5.31. The number of H-pyrrole nitrogens is 1. The molecule has 1 amide bonds. The van der Waals surface area contributed by atoms with Gasteiger partial charge in [-0.1, -0.05) is 38.1 Å². The van der Waals surface area contributed by atoms with E-state index in [0.717, 1.165) is 38.9 Å².